The van der Waals surface area contributed by atoms with Crippen molar-refractivity contribution in [2.75, 3.05) is 26.2 Å². The Morgan fingerprint density at radius 1 is 1.33 bits per heavy atom. The van der Waals surface area contributed by atoms with Crippen LogP contribution in [-0.4, -0.2) is 59.4 Å². The molecule has 0 spiro atoms. The van der Waals surface area contributed by atoms with Gasteiger partial charge >= 0.3 is 0 Å². The minimum Gasteiger partial charge on any atom is -0.339 e. The average Bonchev–Trinajstić information content (AvgIpc) is 2.96. The lowest BCUT2D eigenvalue weighted by Crippen LogP contribution is -2.51. The Balaban J connectivity index is 1.82. The normalized spacial score (nSPS) is 26.4. The highest BCUT2D eigenvalue weighted by Gasteiger charge is 2.36. The second kappa shape index (κ2) is 4.32. The third kappa shape index (κ3) is 1.96. The number of rotatable bonds is 2. The molecule has 0 radical (unpaired) electrons. The van der Waals surface area contributed by atoms with E-state index in [2.05, 4.69) is 9.88 Å². The van der Waals surface area contributed by atoms with Gasteiger partial charge in [-0.2, -0.15) is 4.31 Å². The largest absolute Gasteiger partial charge is 0.339 e. The van der Waals surface area contributed by atoms with Crippen molar-refractivity contribution >= 4 is 10.0 Å². The van der Waals surface area contributed by atoms with Crippen molar-refractivity contribution in [3.05, 3.63) is 12.5 Å². The van der Waals surface area contributed by atoms with Crippen LogP contribution >= 0.6 is 0 Å². The van der Waals surface area contributed by atoms with Gasteiger partial charge in [0.25, 0.3) is 10.0 Å². The van der Waals surface area contributed by atoms with E-state index in [0.29, 0.717) is 19.1 Å². The summed E-state index contributed by atoms with van der Waals surface area (Å²) in [5, 5.41) is 0.163. The third-order valence-electron chi connectivity index (χ3n) is 3.84. The molecule has 0 unspecified atom stereocenters. The van der Waals surface area contributed by atoms with E-state index in [4.69, 9.17) is 0 Å². The SMILES string of the molecule is Cn1cnc(S(=O)(=O)N2CCN3CCC[C@@H]3C2)c1. The summed E-state index contributed by atoms with van der Waals surface area (Å²) in [6, 6.07) is 0.400. The van der Waals surface area contributed by atoms with Crippen LogP contribution in [0.5, 0.6) is 0 Å². The predicted molar refractivity (Wildman–Crippen MR) is 66.6 cm³/mol. The van der Waals surface area contributed by atoms with Crippen molar-refractivity contribution in [2.45, 2.75) is 23.9 Å². The van der Waals surface area contributed by atoms with Crippen molar-refractivity contribution in [3.8, 4) is 0 Å². The van der Waals surface area contributed by atoms with E-state index in [1.165, 1.54) is 12.7 Å². The van der Waals surface area contributed by atoms with E-state index in [1.54, 1.807) is 22.1 Å². The molecule has 3 rings (SSSR count). The molecule has 7 heteroatoms. The molecule has 100 valence electrons. The van der Waals surface area contributed by atoms with Crippen molar-refractivity contribution in [2.24, 2.45) is 7.05 Å². The zero-order valence-electron chi connectivity index (χ0n) is 10.5. The van der Waals surface area contributed by atoms with E-state index in [0.717, 1.165) is 19.5 Å². The fourth-order valence-corrected chi connectivity index (χ4v) is 4.27. The minimum atomic E-state index is -3.41. The number of hydrogen-bond donors (Lipinski definition) is 0. The summed E-state index contributed by atoms with van der Waals surface area (Å²) in [5.74, 6) is 0. The summed E-state index contributed by atoms with van der Waals surface area (Å²) in [6.45, 7) is 3.15. The number of aryl methyl sites for hydroxylation is 1. The van der Waals surface area contributed by atoms with Gasteiger partial charge in [-0.1, -0.05) is 0 Å². The number of piperazine rings is 1. The molecule has 0 N–H and O–H groups in total. The second-order valence-electron chi connectivity index (χ2n) is 5.07. The van der Waals surface area contributed by atoms with Crippen LogP contribution in [0.3, 0.4) is 0 Å². The van der Waals surface area contributed by atoms with Crippen LogP contribution in [0.2, 0.25) is 0 Å². The summed E-state index contributed by atoms with van der Waals surface area (Å²) in [7, 11) is -1.63. The van der Waals surface area contributed by atoms with Gasteiger partial charge in [0.1, 0.15) is 0 Å². The van der Waals surface area contributed by atoms with Crippen molar-refractivity contribution in [1.82, 2.24) is 18.8 Å². The molecular weight excluding hydrogens is 252 g/mol. The highest BCUT2D eigenvalue weighted by Crippen LogP contribution is 2.24. The lowest BCUT2D eigenvalue weighted by molar-refractivity contribution is 0.158. The molecule has 3 heterocycles. The molecule has 2 saturated heterocycles. The Bertz CT molecular complexity index is 539. The lowest BCUT2D eigenvalue weighted by atomic mass is 10.2. The first-order valence-electron chi connectivity index (χ1n) is 6.29. The molecule has 0 bridgehead atoms. The first kappa shape index (κ1) is 12.1. The molecule has 18 heavy (non-hydrogen) atoms. The minimum absolute atomic E-state index is 0.163. The van der Waals surface area contributed by atoms with Crippen LogP contribution in [-0.2, 0) is 17.1 Å². The van der Waals surface area contributed by atoms with Crippen LogP contribution in [0.1, 0.15) is 12.8 Å². The summed E-state index contributed by atoms with van der Waals surface area (Å²) >= 11 is 0. The van der Waals surface area contributed by atoms with E-state index in [9.17, 15) is 8.42 Å². The Kier molecular flexibility index (Phi) is 2.91. The monoisotopic (exact) mass is 270 g/mol. The third-order valence-corrected chi connectivity index (χ3v) is 5.59. The second-order valence-corrected chi connectivity index (χ2v) is 6.96. The summed E-state index contributed by atoms with van der Waals surface area (Å²) in [4.78, 5) is 6.36. The van der Waals surface area contributed by atoms with Crippen molar-refractivity contribution < 1.29 is 8.42 Å². The number of aromatic nitrogens is 2. The predicted octanol–water partition coefficient (Wildman–Crippen LogP) is -0.111. The molecule has 0 saturated carbocycles. The molecule has 0 aliphatic carbocycles. The lowest BCUT2D eigenvalue weighted by Gasteiger charge is -2.36. The molecule has 2 aliphatic heterocycles. The fraction of sp³-hybridized carbons (Fsp3) is 0.727. The van der Waals surface area contributed by atoms with Gasteiger partial charge in [0, 0.05) is 38.9 Å². The van der Waals surface area contributed by atoms with Crippen LogP contribution in [0.25, 0.3) is 0 Å². The molecule has 2 aliphatic rings. The summed E-state index contributed by atoms with van der Waals surface area (Å²) < 4.78 is 28.1. The first-order valence-corrected chi connectivity index (χ1v) is 7.73. The zero-order chi connectivity index (χ0) is 12.8. The van der Waals surface area contributed by atoms with Crippen LogP contribution in [0, 0.1) is 0 Å². The number of fused-ring (bicyclic) bond motifs is 1. The number of imidazole rings is 1. The van der Waals surface area contributed by atoms with Crippen molar-refractivity contribution in [1.29, 1.82) is 0 Å². The van der Waals surface area contributed by atoms with Gasteiger partial charge in [0.05, 0.1) is 6.33 Å². The van der Waals surface area contributed by atoms with Gasteiger partial charge in [0.15, 0.2) is 5.03 Å². The maximum absolute atomic E-state index is 12.4. The summed E-state index contributed by atoms with van der Waals surface area (Å²) in [5.41, 5.74) is 0. The Morgan fingerprint density at radius 3 is 2.89 bits per heavy atom. The molecule has 1 aromatic heterocycles. The number of sulfonamides is 1. The van der Waals surface area contributed by atoms with E-state index < -0.39 is 10.0 Å². The number of hydrogen-bond acceptors (Lipinski definition) is 4. The smallest absolute Gasteiger partial charge is 0.262 e. The Morgan fingerprint density at radius 2 is 2.17 bits per heavy atom. The van der Waals surface area contributed by atoms with Crippen molar-refractivity contribution in [3.63, 3.8) is 0 Å². The van der Waals surface area contributed by atoms with Gasteiger partial charge in [-0.25, -0.2) is 13.4 Å². The average molecular weight is 270 g/mol. The molecule has 1 aromatic rings. The maximum atomic E-state index is 12.4. The van der Waals surface area contributed by atoms with Crippen LogP contribution < -0.4 is 0 Å². The van der Waals surface area contributed by atoms with E-state index in [1.807, 2.05) is 0 Å². The molecule has 0 aromatic carbocycles. The Hall–Kier alpha value is -0.920. The topological polar surface area (TPSA) is 58.4 Å². The highest BCUT2D eigenvalue weighted by molar-refractivity contribution is 7.89. The van der Waals surface area contributed by atoms with Gasteiger partial charge in [-0.3, -0.25) is 4.90 Å². The van der Waals surface area contributed by atoms with Gasteiger partial charge in [-0.05, 0) is 19.4 Å². The first-order chi connectivity index (χ1) is 8.57. The zero-order valence-corrected chi connectivity index (χ0v) is 11.3. The van der Waals surface area contributed by atoms with Crippen LogP contribution in [0.15, 0.2) is 17.6 Å². The van der Waals surface area contributed by atoms with Gasteiger partial charge in [-0.15, -0.1) is 0 Å². The quantitative estimate of drug-likeness (QED) is 0.752. The fourth-order valence-electron chi connectivity index (χ4n) is 2.84. The molecule has 1 atom stereocenters. The molecule has 0 amide bonds. The molecule has 2 fully saturated rings. The summed E-state index contributed by atoms with van der Waals surface area (Å²) in [6.07, 6.45) is 5.38. The van der Waals surface area contributed by atoms with Gasteiger partial charge < -0.3 is 4.57 Å². The van der Waals surface area contributed by atoms with E-state index in [-0.39, 0.29) is 5.03 Å². The highest BCUT2D eigenvalue weighted by atomic mass is 32.2. The molecular formula is C11H18N4O2S. The van der Waals surface area contributed by atoms with E-state index >= 15 is 0 Å². The van der Waals surface area contributed by atoms with Crippen LogP contribution in [0.4, 0.5) is 0 Å². The maximum Gasteiger partial charge on any atom is 0.262 e. The standard InChI is InChI=1S/C11H18N4O2S/c1-13-8-11(12-9-13)18(16,17)15-6-5-14-4-2-3-10(14)7-15/h8-10H,2-7H2,1H3/t10-/m1/s1. The molecule has 6 nitrogen and oxygen atoms in total. The van der Waals surface area contributed by atoms with Gasteiger partial charge in [0.2, 0.25) is 0 Å². The number of nitrogens with zero attached hydrogens (tertiary/aromatic N) is 4. The Labute approximate surface area is 107 Å².